The number of likely N-dealkylation sites (N-methyl/N-ethyl adjacent to an activating group) is 1. The third-order valence-corrected chi connectivity index (χ3v) is 11.0. The number of aryl methyl sites for hydroxylation is 1. The van der Waals surface area contributed by atoms with Crippen molar-refractivity contribution in [3.8, 4) is 34.8 Å². The van der Waals surface area contributed by atoms with Crippen LogP contribution in [0, 0.1) is 25.2 Å². The van der Waals surface area contributed by atoms with E-state index in [4.69, 9.17) is 23.7 Å². The fourth-order valence-corrected chi connectivity index (χ4v) is 9.37. The third kappa shape index (κ3) is 3.94. The predicted octanol–water partition coefficient (Wildman–Crippen LogP) is 2.59. The Kier molecular flexibility index (Phi) is 6.89. The lowest BCUT2D eigenvalue weighted by Gasteiger charge is -2.61. The van der Waals surface area contributed by atoms with E-state index < -0.39 is 47.5 Å². The van der Waals surface area contributed by atoms with Crippen LogP contribution in [0.2, 0.25) is 0 Å². The van der Waals surface area contributed by atoms with Crippen LogP contribution in [0.1, 0.15) is 57.6 Å². The summed E-state index contributed by atoms with van der Waals surface area (Å²) in [5.74, 6) is 0.343. The highest BCUT2D eigenvalue weighted by Crippen LogP contribution is 2.64. The first-order chi connectivity index (χ1) is 21.1. The molecular formula is C31H33N3O9S. The molecule has 44 heavy (non-hydrogen) atoms. The van der Waals surface area contributed by atoms with Crippen LogP contribution in [-0.4, -0.2) is 89.5 Å². The minimum absolute atomic E-state index is 0.0158. The van der Waals surface area contributed by atoms with Crippen molar-refractivity contribution in [2.75, 3.05) is 33.3 Å². The van der Waals surface area contributed by atoms with Gasteiger partial charge in [0.1, 0.15) is 18.4 Å². The maximum absolute atomic E-state index is 12.8. The zero-order chi connectivity index (χ0) is 31.2. The van der Waals surface area contributed by atoms with Crippen molar-refractivity contribution >= 4 is 23.7 Å². The highest BCUT2D eigenvalue weighted by molar-refractivity contribution is 7.99. The molecule has 7 rings (SSSR count). The summed E-state index contributed by atoms with van der Waals surface area (Å²) in [7, 11) is 3.48. The summed E-state index contributed by atoms with van der Waals surface area (Å²) in [6, 6.07) is 2.00. The van der Waals surface area contributed by atoms with Gasteiger partial charge in [0.25, 0.3) is 0 Å². The van der Waals surface area contributed by atoms with Gasteiger partial charge in [-0.1, -0.05) is 6.07 Å². The van der Waals surface area contributed by atoms with Crippen molar-refractivity contribution in [1.82, 2.24) is 9.80 Å². The highest BCUT2D eigenvalue weighted by Gasteiger charge is 2.60. The average molecular weight is 624 g/mol. The molecule has 0 radical (unpaired) electrons. The fraction of sp³-hybridized carbons (Fsp3) is 0.516. The zero-order valence-corrected chi connectivity index (χ0v) is 25.8. The van der Waals surface area contributed by atoms with E-state index in [0.717, 1.165) is 11.1 Å². The van der Waals surface area contributed by atoms with E-state index in [0.29, 0.717) is 51.7 Å². The van der Waals surface area contributed by atoms with Gasteiger partial charge in [0.05, 0.1) is 30.5 Å². The minimum atomic E-state index is -1.39. The Labute approximate surface area is 258 Å². The SMILES string of the molecule is COc1c(C)cc2c(c1O)[C@@H]1C3[C@@H]4SC[C@@H](O)C(=O)OC[C@@H](c5c6c(c(C)c(OC(C)=O)c54)OCO6)N3[C@@H](C#N)[C@H](C2)N1C. The first-order valence-electron chi connectivity index (χ1n) is 14.5. The van der Waals surface area contributed by atoms with Crippen molar-refractivity contribution in [2.45, 2.75) is 68.8 Å². The van der Waals surface area contributed by atoms with Crippen LogP contribution in [0.3, 0.4) is 0 Å². The molecule has 5 aliphatic heterocycles. The van der Waals surface area contributed by atoms with Crippen LogP contribution in [0.25, 0.3) is 0 Å². The van der Waals surface area contributed by atoms with E-state index in [-0.39, 0.29) is 30.9 Å². The predicted molar refractivity (Wildman–Crippen MR) is 156 cm³/mol. The number of esters is 2. The molecular weight excluding hydrogens is 590 g/mol. The summed E-state index contributed by atoms with van der Waals surface area (Å²) in [5, 5.41) is 32.7. The van der Waals surface area contributed by atoms with E-state index in [1.807, 2.05) is 20.0 Å². The molecule has 0 aromatic heterocycles. The Morgan fingerprint density at radius 1 is 1.16 bits per heavy atom. The molecule has 2 aromatic carbocycles. The van der Waals surface area contributed by atoms with E-state index in [9.17, 15) is 25.1 Å². The molecule has 5 heterocycles. The maximum atomic E-state index is 12.8. The number of carbonyl (C=O) groups is 2. The molecule has 0 saturated carbocycles. The van der Waals surface area contributed by atoms with Crippen LogP contribution < -0.4 is 18.9 Å². The number of aliphatic hydroxyl groups is 1. The van der Waals surface area contributed by atoms with Crippen LogP contribution in [0.15, 0.2) is 6.07 Å². The van der Waals surface area contributed by atoms with Crippen LogP contribution in [0.4, 0.5) is 0 Å². The smallest absolute Gasteiger partial charge is 0.335 e. The molecule has 0 amide bonds. The number of hydrogen-bond donors (Lipinski definition) is 2. The number of rotatable bonds is 2. The van der Waals surface area contributed by atoms with Crippen molar-refractivity contribution < 1.29 is 43.5 Å². The van der Waals surface area contributed by atoms with Gasteiger partial charge in [0.15, 0.2) is 29.1 Å². The summed E-state index contributed by atoms with van der Waals surface area (Å²) >= 11 is 1.32. The van der Waals surface area contributed by atoms with Crippen LogP contribution in [-0.2, 0) is 20.7 Å². The van der Waals surface area contributed by atoms with Gasteiger partial charge >= 0.3 is 11.9 Å². The van der Waals surface area contributed by atoms with Gasteiger partial charge in [-0.05, 0) is 38.4 Å². The van der Waals surface area contributed by atoms with Crippen molar-refractivity contribution in [3.05, 3.63) is 39.4 Å². The van der Waals surface area contributed by atoms with Gasteiger partial charge < -0.3 is 33.9 Å². The standard InChI is InChI=1S/C31H33N3O9S/c1-12-6-15-7-16-17(8-32)34-18-9-40-31(38)19(36)10-44-30(24(34)23(33(16)4)20(15)25(37)26(12)39-5)22-21(18)29-28(41-11-42-29)13(2)27(22)43-14(3)35/h6,16-19,23-24,30,36-37H,7,9-11H2,1-5H3/t16-,17-,18-,19+,23+,24?,30+/m0/s1. The highest BCUT2D eigenvalue weighted by atomic mass is 32.2. The van der Waals surface area contributed by atoms with Gasteiger partial charge in [-0.25, -0.2) is 4.79 Å². The molecule has 12 nitrogen and oxygen atoms in total. The van der Waals surface area contributed by atoms with E-state index in [1.54, 1.807) is 6.92 Å². The quantitative estimate of drug-likeness (QED) is 0.373. The van der Waals surface area contributed by atoms with E-state index >= 15 is 0 Å². The number of aliphatic hydroxyl groups excluding tert-OH is 1. The van der Waals surface area contributed by atoms with Gasteiger partial charge in [0, 0.05) is 47.0 Å². The Balaban J connectivity index is 1.56. The number of carbonyl (C=O) groups excluding carboxylic acids is 2. The molecule has 2 N–H and O–H groups in total. The lowest BCUT2D eigenvalue weighted by molar-refractivity contribution is -0.157. The molecule has 0 spiro atoms. The lowest BCUT2D eigenvalue weighted by atomic mass is 9.71. The Morgan fingerprint density at radius 2 is 1.91 bits per heavy atom. The van der Waals surface area contributed by atoms with Gasteiger partial charge in [-0.3, -0.25) is 14.6 Å². The number of fused-ring (bicyclic) bond motifs is 9. The summed E-state index contributed by atoms with van der Waals surface area (Å²) in [6.45, 7) is 4.77. The number of phenols is 1. The number of aromatic hydroxyl groups is 1. The number of cyclic esters (lactones) is 1. The number of methoxy groups -OCH3 is 1. The number of ether oxygens (including phenoxy) is 5. The molecule has 2 aromatic rings. The van der Waals surface area contributed by atoms with Crippen LogP contribution >= 0.6 is 11.8 Å². The summed E-state index contributed by atoms with van der Waals surface area (Å²) < 4.78 is 29.2. The normalized spacial score (nSPS) is 30.4. The molecule has 232 valence electrons. The molecule has 1 unspecified atom stereocenters. The van der Waals surface area contributed by atoms with Crippen molar-refractivity contribution in [3.63, 3.8) is 0 Å². The molecule has 2 fully saturated rings. The van der Waals surface area contributed by atoms with Crippen molar-refractivity contribution in [2.24, 2.45) is 0 Å². The number of nitriles is 1. The number of piperazine rings is 1. The molecule has 4 bridgehead atoms. The summed E-state index contributed by atoms with van der Waals surface area (Å²) in [4.78, 5) is 29.6. The molecule has 13 heteroatoms. The second-order valence-electron chi connectivity index (χ2n) is 11.9. The van der Waals surface area contributed by atoms with Crippen LogP contribution in [0.5, 0.6) is 28.7 Å². The number of thioether (sulfide) groups is 1. The second kappa shape index (κ2) is 10.4. The van der Waals surface area contributed by atoms with Gasteiger partial charge in [0.2, 0.25) is 6.79 Å². The number of benzene rings is 2. The summed E-state index contributed by atoms with van der Waals surface area (Å²) in [6.07, 6.45) is -0.887. The maximum Gasteiger partial charge on any atom is 0.335 e. The topological polar surface area (TPSA) is 151 Å². The average Bonchev–Trinajstić information content (AvgIpc) is 3.47. The van der Waals surface area contributed by atoms with Crippen molar-refractivity contribution in [1.29, 1.82) is 5.26 Å². The first-order valence-corrected chi connectivity index (χ1v) is 15.5. The first kappa shape index (κ1) is 29.0. The molecule has 7 atom stereocenters. The number of phenolic OH excluding ortho intramolecular Hbond substituents is 1. The monoisotopic (exact) mass is 623 g/mol. The largest absolute Gasteiger partial charge is 0.504 e. The molecule has 5 aliphatic rings. The van der Waals surface area contributed by atoms with E-state index in [1.165, 1.54) is 25.8 Å². The van der Waals surface area contributed by atoms with E-state index in [2.05, 4.69) is 15.9 Å². The number of nitrogens with zero attached hydrogens (tertiary/aromatic N) is 3. The van der Waals surface area contributed by atoms with Gasteiger partial charge in [-0.2, -0.15) is 5.26 Å². The second-order valence-corrected chi connectivity index (χ2v) is 13.1. The number of hydrogen-bond acceptors (Lipinski definition) is 13. The summed E-state index contributed by atoms with van der Waals surface area (Å²) in [5.41, 5.74) is 4.30. The van der Waals surface area contributed by atoms with Gasteiger partial charge in [-0.15, -0.1) is 11.8 Å². The Morgan fingerprint density at radius 3 is 2.61 bits per heavy atom. The molecule has 0 aliphatic carbocycles. The lowest BCUT2D eigenvalue weighted by Crippen LogP contribution is -2.69. The zero-order valence-electron chi connectivity index (χ0n) is 24.9. The Bertz CT molecular complexity index is 1640. The molecule has 2 saturated heterocycles. The third-order valence-electron chi connectivity index (χ3n) is 9.64. The Hall–Kier alpha value is -3.70. The minimum Gasteiger partial charge on any atom is -0.504 e. The fourth-order valence-electron chi connectivity index (χ4n) is 7.96.